The van der Waals surface area contributed by atoms with Crippen molar-refractivity contribution in [2.75, 3.05) is 20.3 Å². The first-order chi connectivity index (χ1) is 13.2. The number of fused-ring (bicyclic) bond motifs is 1. The molecule has 5 heteroatoms. The van der Waals surface area contributed by atoms with Crippen molar-refractivity contribution in [1.82, 2.24) is 0 Å². The van der Waals surface area contributed by atoms with Crippen LogP contribution >= 0.6 is 0 Å². The number of ether oxygens (including phenoxy) is 4. The van der Waals surface area contributed by atoms with Gasteiger partial charge < -0.3 is 18.9 Å². The molecule has 150 valence electrons. The van der Waals surface area contributed by atoms with E-state index in [0.29, 0.717) is 19.2 Å². The molecule has 0 bridgehead atoms. The molecule has 2 heterocycles. The normalized spacial score (nSPS) is 20.0. The minimum Gasteiger partial charge on any atom is -0.490 e. The van der Waals surface area contributed by atoms with Crippen molar-refractivity contribution >= 4 is 6.47 Å². The van der Waals surface area contributed by atoms with Gasteiger partial charge in [0.1, 0.15) is 12.4 Å². The van der Waals surface area contributed by atoms with Gasteiger partial charge in [0, 0.05) is 12.2 Å². The Labute approximate surface area is 163 Å². The van der Waals surface area contributed by atoms with E-state index in [0.717, 1.165) is 43.6 Å². The number of methoxy groups -OCH3 is 1. The highest BCUT2D eigenvalue weighted by molar-refractivity contribution is 5.45. The number of rotatable bonds is 3. The predicted molar refractivity (Wildman–Crippen MR) is 106 cm³/mol. The van der Waals surface area contributed by atoms with E-state index in [1.807, 2.05) is 26.0 Å². The molecule has 2 unspecified atom stereocenters. The molecule has 5 nitrogen and oxygen atoms in total. The molecule has 0 radical (unpaired) electrons. The van der Waals surface area contributed by atoms with Crippen LogP contribution in [0.1, 0.15) is 57.6 Å². The maximum Gasteiger partial charge on any atom is 0.292 e. The van der Waals surface area contributed by atoms with Crippen molar-refractivity contribution in [3.8, 4) is 17.6 Å². The van der Waals surface area contributed by atoms with E-state index in [4.69, 9.17) is 19.0 Å². The summed E-state index contributed by atoms with van der Waals surface area (Å²) in [6.45, 7) is 7.72. The molecule has 1 aromatic rings. The van der Waals surface area contributed by atoms with Crippen LogP contribution in [0, 0.1) is 11.8 Å². The van der Waals surface area contributed by atoms with Crippen molar-refractivity contribution in [2.45, 2.75) is 65.3 Å². The lowest BCUT2D eigenvalue weighted by atomic mass is 10.0. The number of benzene rings is 1. The summed E-state index contributed by atoms with van der Waals surface area (Å²) in [4.78, 5) is 8.95. The van der Waals surface area contributed by atoms with E-state index >= 15 is 0 Å². The lowest BCUT2D eigenvalue weighted by Crippen LogP contribution is -2.22. The van der Waals surface area contributed by atoms with Crippen LogP contribution in [0.2, 0.25) is 0 Å². The SMILES string of the molecule is CC.CC1CCc2cc(C#CCOC3CCCCO3)ccc2O1.COC=O. The van der Waals surface area contributed by atoms with E-state index in [9.17, 15) is 0 Å². The first-order valence-electron chi connectivity index (χ1n) is 9.71. The largest absolute Gasteiger partial charge is 0.490 e. The quantitative estimate of drug-likeness (QED) is 0.587. The number of hydrogen-bond acceptors (Lipinski definition) is 5. The van der Waals surface area contributed by atoms with Crippen LogP contribution in [-0.2, 0) is 25.4 Å². The molecule has 2 atom stereocenters. The first kappa shape index (κ1) is 23.0. The summed E-state index contributed by atoms with van der Waals surface area (Å²) < 4.78 is 20.8. The summed E-state index contributed by atoms with van der Waals surface area (Å²) in [5, 5.41) is 0. The van der Waals surface area contributed by atoms with E-state index < -0.39 is 0 Å². The molecule has 2 aliphatic heterocycles. The Morgan fingerprint density at radius 3 is 2.70 bits per heavy atom. The van der Waals surface area contributed by atoms with E-state index in [1.165, 1.54) is 19.1 Å². The van der Waals surface area contributed by atoms with Gasteiger partial charge in [0.25, 0.3) is 6.47 Å². The molecule has 27 heavy (non-hydrogen) atoms. The number of aryl methyl sites for hydroxylation is 1. The predicted octanol–water partition coefficient (Wildman–Crippen LogP) is 4.11. The minimum absolute atomic E-state index is 0.0635. The smallest absolute Gasteiger partial charge is 0.292 e. The van der Waals surface area contributed by atoms with Gasteiger partial charge in [-0.2, -0.15) is 0 Å². The third kappa shape index (κ3) is 8.94. The molecule has 1 aromatic carbocycles. The summed E-state index contributed by atoms with van der Waals surface area (Å²) in [5.74, 6) is 7.24. The Bertz CT molecular complexity index is 596. The van der Waals surface area contributed by atoms with Crippen molar-refractivity contribution < 1.29 is 23.7 Å². The van der Waals surface area contributed by atoms with Crippen LogP contribution in [0.15, 0.2) is 18.2 Å². The van der Waals surface area contributed by atoms with Crippen LogP contribution in [0.5, 0.6) is 5.75 Å². The van der Waals surface area contributed by atoms with Crippen molar-refractivity contribution in [3.63, 3.8) is 0 Å². The van der Waals surface area contributed by atoms with Gasteiger partial charge in [0.15, 0.2) is 6.29 Å². The maximum atomic E-state index is 8.95. The second kappa shape index (κ2) is 14.1. The first-order valence-corrected chi connectivity index (χ1v) is 9.71. The average molecular weight is 376 g/mol. The summed E-state index contributed by atoms with van der Waals surface area (Å²) >= 11 is 0. The molecule has 2 aliphatic rings. The fourth-order valence-corrected chi connectivity index (χ4v) is 2.72. The highest BCUT2D eigenvalue weighted by Crippen LogP contribution is 2.28. The van der Waals surface area contributed by atoms with Gasteiger partial charge in [-0.15, -0.1) is 0 Å². The van der Waals surface area contributed by atoms with E-state index in [-0.39, 0.29) is 6.29 Å². The zero-order valence-electron chi connectivity index (χ0n) is 17.0. The van der Waals surface area contributed by atoms with Crippen LogP contribution in [0.4, 0.5) is 0 Å². The van der Waals surface area contributed by atoms with E-state index in [1.54, 1.807) is 0 Å². The fourth-order valence-electron chi connectivity index (χ4n) is 2.72. The summed E-state index contributed by atoms with van der Waals surface area (Å²) in [6, 6.07) is 6.17. The molecule has 0 aliphatic carbocycles. The van der Waals surface area contributed by atoms with Gasteiger partial charge in [-0.3, -0.25) is 4.79 Å². The number of carbonyl (C=O) groups is 1. The van der Waals surface area contributed by atoms with Gasteiger partial charge in [0.05, 0.1) is 13.2 Å². The van der Waals surface area contributed by atoms with Gasteiger partial charge in [-0.1, -0.05) is 25.7 Å². The lowest BCUT2D eigenvalue weighted by molar-refractivity contribution is -0.154. The van der Waals surface area contributed by atoms with Crippen LogP contribution < -0.4 is 4.74 Å². The molecule has 0 saturated carbocycles. The minimum atomic E-state index is -0.0635. The maximum absolute atomic E-state index is 8.95. The Kier molecular flexibility index (Phi) is 12.0. The Morgan fingerprint density at radius 1 is 1.26 bits per heavy atom. The lowest BCUT2D eigenvalue weighted by Gasteiger charge is -2.23. The monoisotopic (exact) mass is 376 g/mol. The van der Waals surface area contributed by atoms with Crippen LogP contribution in [-0.4, -0.2) is 39.2 Å². The van der Waals surface area contributed by atoms with Gasteiger partial charge >= 0.3 is 0 Å². The highest BCUT2D eigenvalue weighted by Gasteiger charge is 2.15. The van der Waals surface area contributed by atoms with Crippen molar-refractivity contribution in [2.24, 2.45) is 0 Å². The summed E-state index contributed by atoms with van der Waals surface area (Å²) in [7, 11) is 1.31. The second-order valence-electron chi connectivity index (χ2n) is 6.03. The van der Waals surface area contributed by atoms with Crippen molar-refractivity contribution in [1.29, 1.82) is 0 Å². The van der Waals surface area contributed by atoms with Gasteiger partial charge in [0.2, 0.25) is 0 Å². The van der Waals surface area contributed by atoms with Crippen LogP contribution in [0.25, 0.3) is 0 Å². The molecular formula is C22H32O5. The number of hydrogen-bond donors (Lipinski definition) is 0. The average Bonchev–Trinajstić information content (AvgIpc) is 2.73. The Balaban J connectivity index is 0.000000541. The fraction of sp³-hybridized carbons (Fsp3) is 0.591. The molecule has 0 spiro atoms. The topological polar surface area (TPSA) is 54.0 Å². The molecule has 0 amide bonds. The molecule has 0 N–H and O–H groups in total. The molecule has 3 rings (SSSR count). The van der Waals surface area contributed by atoms with E-state index in [2.05, 4.69) is 29.6 Å². The Morgan fingerprint density at radius 2 is 2.04 bits per heavy atom. The summed E-state index contributed by atoms with van der Waals surface area (Å²) in [6.07, 6.45) is 5.70. The number of carbonyl (C=O) groups excluding carboxylic acids is 1. The third-order valence-corrected chi connectivity index (χ3v) is 4.02. The standard InChI is InChI=1S/C18H22O3.C2H4O2.C2H6/c1-14-7-9-16-13-15(8-10-17(16)21-14)5-4-12-20-18-6-2-3-11-19-18;1-4-2-3;1-2/h8,10,13-14,18H,2-3,6-7,9,11-12H2,1H3;2H,1H3;1-2H3. The third-order valence-electron chi connectivity index (χ3n) is 4.02. The molecule has 1 fully saturated rings. The van der Waals surface area contributed by atoms with Crippen LogP contribution in [0.3, 0.4) is 0 Å². The molecule has 1 saturated heterocycles. The van der Waals surface area contributed by atoms with Gasteiger partial charge in [-0.05, 0) is 62.8 Å². The molecule has 0 aromatic heterocycles. The second-order valence-corrected chi connectivity index (χ2v) is 6.03. The van der Waals surface area contributed by atoms with Crippen molar-refractivity contribution in [3.05, 3.63) is 29.3 Å². The summed E-state index contributed by atoms with van der Waals surface area (Å²) in [5.41, 5.74) is 2.29. The highest BCUT2D eigenvalue weighted by atomic mass is 16.7. The molecular weight excluding hydrogens is 344 g/mol. The zero-order valence-corrected chi connectivity index (χ0v) is 17.0. The zero-order chi connectivity index (χ0) is 19.9. The Hall–Kier alpha value is -2.03. The van der Waals surface area contributed by atoms with Gasteiger partial charge in [-0.25, -0.2) is 0 Å².